The monoisotopic (exact) mass is 472 g/mol. The molecule has 170 valence electrons. The average Bonchev–Trinajstić information content (AvgIpc) is 3.39. The molecule has 4 heteroatoms. The standard InChI is InChI=1S/C31H25N2OP/c1-4-11-23(12-5-1)21-25-22-34-31(32-25)28-20-19-24-13-10-18-29(30(24)33-28)35(26-14-6-2-7-15-26)27-16-8-3-9-17-27/h1-20,25H,21-22H2/t25-/m1/s1. The van der Waals surface area contributed by atoms with Gasteiger partial charge in [0.1, 0.15) is 12.3 Å². The predicted octanol–water partition coefficient (Wildman–Crippen LogP) is 5.38. The average molecular weight is 473 g/mol. The zero-order valence-corrected chi connectivity index (χ0v) is 20.2. The highest BCUT2D eigenvalue weighted by atomic mass is 31.1. The van der Waals surface area contributed by atoms with Crippen LogP contribution in [0.3, 0.4) is 0 Å². The Morgan fingerprint density at radius 1 is 0.686 bits per heavy atom. The van der Waals surface area contributed by atoms with Crippen LogP contribution in [0.2, 0.25) is 0 Å². The van der Waals surface area contributed by atoms with Gasteiger partial charge in [-0.2, -0.15) is 0 Å². The summed E-state index contributed by atoms with van der Waals surface area (Å²) >= 11 is 0. The third-order valence-electron chi connectivity index (χ3n) is 6.21. The number of rotatable bonds is 6. The molecule has 1 aliphatic heterocycles. The quantitative estimate of drug-likeness (QED) is 0.311. The fraction of sp³-hybridized carbons (Fsp3) is 0.0968. The largest absolute Gasteiger partial charge is 0.474 e. The minimum absolute atomic E-state index is 0.117. The maximum atomic E-state index is 6.04. The summed E-state index contributed by atoms with van der Waals surface area (Å²) in [4.78, 5) is 10.0. The van der Waals surface area contributed by atoms with Crippen LogP contribution in [0, 0.1) is 0 Å². The minimum Gasteiger partial charge on any atom is -0.474 e. The first-order chi connectivity index (χ1) is 17.3. The maximum absolute atomic E-state index is 6.04. The molecular weight excluding hydrogens is 447 g/mol. The second kappa shape index (κ2) is 9.82. The number of benzene rings is 4. The molecule has 1 aliphatic rings. The molecule has 0 bridgehead atoms. The third kappa shape index (κ3) is 4.60. The van der Waals surface area contributed by atoms with E-state index < -0.39 is 7.92 Å². The van der Waals surface area contributed by atoms with Crippen molar-refractivity contribution in [2.75, 3.05) is 6.61 Å². The number of nitrogens with zero attached hydrogens (tertiary/aromatic N) is 2. The van der Waals surface area contributed by atoms with Crippen LogP contribution in [0.5, 0.6) is 0 Å². The second-order valence-electron chi connectivity index (χ2n) is 8.64. The molecule has 4 aromatic carbocycles. The Morgan fingerprint density at radius 2 is 1.34 bits per heavy atom. The Morgan fingerprint density at radius 3 is 2.03 bits per heavy atom. The van der Waals surface area contributed by atoms with E-state index in [0.29, 0.717) is 12.5 Å². The van der Waals surface area contributed by atoms with Gasteiger partial charge < -0.3 is 4.74 Å². The van der Waals surface area contributed by atoms with Crippen LogP contribution in [0.15, 0.2) is 126 Å². The summed E-state index contributed by atoms with van der Waals surface area (Å²) in [6.07, 6.45) is 0.872. The molecular formula is C31H25N2OP. The molecule has 0 saturated carbocycles. The number of hydrogen-bond donors (Lipinski definition) is 0. The van der Waals surface area contributed by atoms with Crippen molar-refractivity contribution in [1.29, 1.82) is 0 Å². The molecule has 2 heterocycles. The van der Waals surface area contributed by atoms with Gasteiger partial charge in [-0.1, -0.05) is 115 Å². The molecule has 1 atom stereocenters. The van der Waals surface area contributed by atoms with Crippen LogP contribution < -0.4 is 15.9 Å². The molecule has 5 aromatic rings. The first-order valence-electron chi connectivity index (χ1n) is 11.9. The van der Waals surface area contributed by atoms with Gasteiger partial charge >= 0.3 is 0 Å². The summed E-state index contributed by atoms with van der Waals surface area (Å²) in [5.74, 6) is 0.645. The van der Waals surface area contributed by atoms with Crippen molar-refractivity contribution in [3.63, 3.8) is 0 Å². The van der Waals surface area contributed by atoms with E-state index in [1.165, 1.54) is 21.5 Å². The van der Waals surface area contributed by atoms with Gasteiger partial charge in [-0.15, -0.1) is 0 Å². The Kier molecular flexibility index (Phi) is 6.09. The molecule has 0 amide bonds. The molecule has 0 fully saturated rings. The molecule has 3 nitrogen and oxygen atoms in total. The molecule has 35 heavy (non-hydrogen) atoms. The molecule has 0 unspecified atom stereocenters. The van der Waals surface area contributed by atoms with E-state index in [-0.39, 0.29) is 6.04 Å². The van der Waals surface area contributed by atoms with Crippen LogP contribution >= 0.6 is 7.92 Å². The van der Waals surface area contributed by atoms with Gasteiger partial charge in [0.15, 0.2) is 0 Å². The lowest BCUT2D eigenvalue weighted by Gasteiger charge is -2.20. The highest BCUT2D eigenvalue weighted by Gasteiger charge is 2.23. The Bertz CT molecular complexity index is 1430. The normalized spacial score (nSPS) is 15.2. The molecule has 6 rings (SSSR count). The number of ether oxygens (including phenoxy) is 1. The number of aliphatic imine (C=N–C) groups is 1. The number of aromatic nitrogens is 1. The van der Waals surface area contributed by atoms with Crippen molar-refractivity contribution < 1.29 is 4.74 Å². The van der Waals surface area contributed by atoms with Gasteiger partial charge in [0.2, 0.25) is 5.90 Å². The molecule has 1 aromatic heterocycles. The van der Waals surface area contributed by atoms with Crippen molar-refractivity contribution in [2.45, 2.75) is 12.5 Å². The van der Waals surface area contributed by atoms with Crippen molar-refractivity contribution in [3.05, 3.63) is 133 Å². The number of fused-ring (bicyclic) bond motifs is 1. The fourth-order valence-corrected chi connectivity index (χ4v) is 6.98. The van der Waals surface area contributed by atoms with Crippen molar-refractivity contribution in [2.24, 2.45) is 4.99 Å². The topological polar surface area (TPSA) is 34.5 Å². The van der Waals surface area contributed by atoms with Gasteiger partial charge in [-0.05, 0) is 36.6 Å². The van der Waals surface area contributed by atoms with Crippen LogP contribution in [-0.2, 0) is 11.2 Å². The van der Waals surface area contributed by atoms with Gasteiger partial charge in [0, 0.05) is 10.7 Å². The maximum Gasteiger partial charge on any atom is 0.235 e. The summed E-state index contributed by atoms with van der Waals surface area (Å²) in [7, 11) is -0.756. The fourth-order valence-electron chi connectivity index (χ4n) is 4.56. The lowest BCUT2D eigenvalue weighted by Crippen LogP contribution is -2.22. The Labute approximate surface area is 206 Å². The highest BCUT2D eigenvalue weighted by molar-refractivity contribution is 7.80. The predicted molar refractivity (Wildman–Crippen MR) is 147 cm³/mol. The van der Waals surface area contributed by atoms with E-state index in [4.69, 9.17) is 14.7 Å². The van der Waals surface area contributed by atoms with Gasteiger partial charge in [-0.25, -0.2) is 9.98 Å². The van der Waals surface area contributed by atoms with Gasteiger partial charge in [0.05, 0.1) is 11.6 Å². The first kappa shape index (κ1) is 21.7. The second-order valence-corrected chi connectivity index (χ2v) is 10.8. The first-order valence-corrected chi connectivity index (χ1v) is 13.2. The minimum atomic E-state index is -0.756. The number of para-hydroxylation sites is 1. The van der Waals surface area contributed by atoms with E-state index in [1.807, 2.05) is 12.1 Å². The highest BCUT2D eigenvalue weighted by Crippen LogP contribution is 2.35. The van der Waals surface area contributed by atoms with E-state index in [1.54, 1.807) is 0 Å². The summed E-state index contributed by atoms with van der Waals surface area (Å²) < 4.78 is 6.04. The zero-order chi connectivity index (χ0) is 23.5. The number of pyridine rings is 1. The van der Waals surface area contributed by atoms with E-state index in [9.17, 15) is 0 Å². The van der Waals surface area contributed by atoms with Crippen molar-refractivity contribution in [3.8, 4) is 0 Å². The third-order valence-corrected chi connectivity index (χ3v) is 8.69. The number of hydrogen-bond acceptors (Lipinski definition) is 3. The van der Waals surface area contributed by atoms with E-state index in [0.717, 1.165) is 23.0 Å². The summed E-state index contributed by atoms with van der Waals surface area (Å²) in [5, 5.41) is 5.00. The van der Waals surface area contributed by atoms with Crippen molar-refractivity contribution >= 4 is 40.6 Å². The lowest BCUT2D eigenvalue weighted by molar-refractivity contribution is 0.316. The van der Waals surface area contributed by atoms with Crippen LogP contribution in [0.25, 0.3) is 10.9 Å². The molecule has 0 radical (unpaired) electrons. The van der Waals surface area contributed by atoms with Crippen LogP contribution in [0.4, 0.5) is 0 Å². The molecule has 0 N–H and O–H groups in total. The summed E-state index contributed by atoms with van der Waals surface area (Å²) in [5.41, 5.74) is 3.09. The Hall–Kier alpha value is -3.81. The Balaban J connectivity index is 1.41. The summed E-state index contributed by atoms with van der Waals surface area (Å²) in [6.45, 7) is 0.590. The van der Waals surface area contributed by atoms with Gasteiger partial charge in [0.25, 0.3) is 0 Å². The van der Waals surface area contributed by atoms with Gasteiger partial charge in [-0.3, -0.25) is 0 Å². The van der Waals surface area contributed by atoms with Crippen molar-refractivity contribution in [1.82, 2.24) is 4.98 Å². The van der Waals surface area contributed by atoms with Crippen LogP contribution in [0.1, 0.15) is 11.3 Å². The lowest BCUT2D eigenvalue weighted by atomic mass is 10.1. The SMILES string of the molecule is c1ccc(C[C@@H]2COC(c3ccc4cccc(P(c5ccccc5)c5ccccc5)c4n3)=N2)cc1. The zero-order valence-electron chi connectivity index (χ0n) is 19.3. The molecule has 0 spiro atoms. The smallest absolute Gasteiger partial charge is 0.235 e. The van der Waals surface area contributed by atoms with E-state index in [2.05, 4.69) is 109 Å². The molecule has 0 aliphatic carbocycles. The summed E-state index contributed by atoms with van der Waals surface area (Å²) in [6, 6.07) is 42.7. The van der Waals surface area contributed by atoms with E-state index >= 15 is 0 Å². The molecule has 0 saturated heterocycles. The van der Waals surface area contributed by atoms with Crippen LogP contribution in [-0.4, -0.2) is 23.5 Å².